The van der Waals surface area contributed by atoms with Crippen molar-refractivity contribution in [2.75, 3.05) is 26.2 Å². The molecule has 174 valence electrons. The summed E-state index contributed by atoms with van der Waals surface area (Å²) in [6, 6.07) is 3.79. The summed E-state index contributed by atoms with van der Waals surface area (Å²) in [5.41, 5.74) is -1.05. The van der Waals surface area contributed by atoms with Crippen LogP contribution in [0, 0.1) is 5.92 Å². The van der Waals surface area contributed by atoms with Gasteiger partial charge in [-0.2, -0.15) is 18.3 Å². The van der Waals surface area contributed by atoms with Crippen LogP contribution in [0.2, 0.25) is 0 Å². The molecule has 4 rings (SSSR count). The van der Waals surface area contributed by atoms with Crippen molar-refractivity contribution >= 4 is 17.3 Å². The SMILES string of the molecule is CCOc1cc(C(F)(F)F)n2nc(C(=O)N3CCN(C4CCC(C)CC4)C(=O)C3)cc2c1. The van der Waals surface area contributed by atoms with Crippen molar-refractivity contribution in [3.05, 3.63) is 29.6 Å². The van der Waals surface area contributed by atoms with Gasteiger partial charge >= 0.3 is 6.18 Å². The van der Waals surface area contributed by atoms with E-state index >= 15 is 0 Å². The van der Waals surface area contributed by atoms with Gasteiger partial charge in [-0.05, 0) is 44.6 Å². The van der Waals surface area contributed by atoms with Crippen LogP contribution in [0.5, 0.6) is 5.75 Å². The van der Waals surface area contributed by atoms with Crippen LogP contribution in [-0.4, -0.2) is 63.5 Å². The molecule has 0 aromatic carbocycles. The highest BCUT2D eigenvalue weighted by Crippen LogP contribution is 2.33. The highest BCUT2D eigenvalue weighted by molar-refractivity contribution is 5.96. The number of alkyl halides is 3. The summed E-state index contributed by atoms with van der Waals surface area (Å²) in [7, 11) is 0. The van der Waals surface area contributed by atoms with Crippen LogP contribution in [0.1, 0.15) is 55.7 Å². The lowest BCUT2D eigenvalue weighted by atomic mass is 9.86. The molecule has 1 aliphatic heterocycles. The van der Waals surface area contributed by atoms with Gasteiger partial charge in [0, 0.05) is 31.3 Å². The van der Waals surface area contributed by atoms with E-state index in [1.54, 1.807) is 6.92 Å². The van der Waals surface area contributed by atoms with Crippen molar-refractivity contribution in [2.45, 2.75) is 51.7 Å². The Morgan fingerprint density at radius 3 is 2.50 bits per heavy atom. The molecular formula is C22H27F3N4O3. The van der Waals surface area contributed by atoms with Crippen molar-refractivity contribution in [1.82, 2.24) is 19.4 Å². The van der Waals surface area contributed by atoms with Gasteiger partial charge in [0.25, 0.3) is 5.91 Å². The van der Waals surface area contributed by atoms with Gasteiger partial charge in [-0.1, -0.05) is 6.92 Å². The Morgan fingerprint density at radius 2 is 1.88 bits per heavy atom. The molecule has 2 aromatic heterocycles. The minimum absolute atomic E-state index is 0.0526. The molecule has 1 saturated heterocycles. The van der Waals surface area contributed by atoms with Crippen LogP contribution >= 0.6 is 0 Å². The number of nitrogens with zero attached hydrogens (tertiary/aromatic N) is 4. The molecule has 10 heteroatoms. The van der Waals surface area contributed by atoms with Gasteiger partial charge in [-0.25, -0.2) is 4.52 Å². The Morgan fingerprint density at radius 1 is 1.16 bits per heavy atom. The van der Waals surface area contributed by atoms with Crippen molar-refractivity contribution in [1.29, 1.82) is 0 Å². The molecule has 0 spiro atoms. The molecule has 7 nitrogen and oxygen atoms in total. The molecule has 2 aliphatic rings. The zero-order valence-corrected chi connectivity index (χ0v) is 18.2. The second-order valence-electron chi connectivity index (χ2n) is 8.60. The third-order valence-corrected chi connectivity index (χ3v) is 6.33. The zero-order valence-electron chi connectivity index (χ0n) is 18.2. The van der Waals surface area contributed by atoms with E-state index in [1.807, 2.05) is 4.90 Å². The highest BCUT2D eigenvalue weighted by atomic mass is 19.4. The number of fused-ring (bicyclic) bond motifs is 1. The van der Waals surface area contributed by atoms with Crippen molar-refractivity contribution in [3.63, 3.8) is 0 Å². The van der Waals surface area contributed by atoms with Crippen molar-refractivity contribution < 1.29 is 27.5 Å². The number of halogens is 3. The molecule has 2 fully saturated rings. The molecule has 32 heavy (non-hydrogen) atoms. The average molecular weight is 452 g/mol. The minimum atomic E-state index is -4.67. The Balaban J connectivity index is 1.53. The van der Waals surface area contributed by atoms with Crippen molar-refractivity contribution in [3.8, 4) is 5.75 Å². The Hall–Kier alpha value is -2.78. The van der Waals surface area contributed by atoms with Gasteiger partial charge in [0.05, 0.1) is 12.1 Å². The maximum atomic E-state index is 13.5. The van der Waals surface area contributed by atoms with Crippen LogP contribution in [0.15, 0.2) is 18.2 Å². The minimum Gasteiger partial charge on any atom is -0.494 e. The monoisotopic (exact) mass is 452 g/mol. The quantitative estimate of drug-likeness (QED) is 0.711. The first-order valence-corrected chi connectivity index (χ1v) is 11.0. The average Bonchev–Trinajstić information content (AvgIpc) is 3.17. The van der Waals surface area contributed by atoms with Crippen LogP contribution in [0.4, 0.5) is 13.2 Å². The summed E-state index contributed by atoms with van der Waals surface area (Å²) < 4.78 is 46.6. The van der Waals surface area contributed by atoms with E-state index in [0.29, 0.717) is 23.5 Å². The molecule has 0 N–H and O–H groups in total. The highest BCUT2D eigenvalue weighted by Gasteiger charge is 2.37. The lowest BCUT2D eigenvalue weighted by Crippen LogP contribution is -2.56. The maximum Gasteiger partial charge on any atom is 0.433 e. The lowest BCUT2D eigenvalue weighted by Gasteiger charge is -2.41. The Labute approximate surface area is 184 Å². The van der Waals surface area contributed by atoms with E-state index in [4.69, 9.17) is 4.74 Å². The fraction of sp³-hybridized carbons (Fsp3) is 0.591. The van der Waals surface area contributed by atoms with Gasteiger partial charge in [0.1, 0.15) is 18.0 Å². The smallest absolute Gasteiger partial charge is 0.433 e. The summed E-state index contributed by atoms with van der Waals surface area (Å²) >= 11 is 0. The maximum absolute atomic E-state index is 13.5. The van der Waals surface area contributed by atoms with E-state index < -0.39 is 17.8 Å². The predicted octanol–water partition coefficient (Wildman–Crippen LogP) is 3.61. The number of ether oxygens (including phenoxy) is 1. The molecule has 2 amide bonds. The second-order valence-corrected chi connectivity index (χ2v) is 8.60. The molecule has 0 atom stereocenters. The van der Waals surface area contributed by atoms with Crippen LogP contribution in [0.25, 0.3) is 5.52 Å². The molecular weight excluding hydrogens is 425 g/mol. The summed E-state index contributed by atoms with van der Waals surface area (Å²) in [4.78, 5) is 28.9. The number of carbonyl (C=O) groups excluding carboxylic acids is 2. The largest absolute Gasteiger partial charge is 0.494 e. The van der Waals surface area contributed by atoms with Gasteiger partial charge in [0.15, 0.2) is 5.69 Å². The van der Waals surface area contributed by atoms with Gasteiger partial charge in [-0.15, -0.1) is 0 Å². The Kier molecular flexibility index (Phi) is 6.05. The van der Waals surface area contributed by atoms with Crippen LogP contribution < -0.4 is 4.74 Å². The number of hydrogen-bond acceptors (Lipinski definition) is 4. The first-order chi connectivity index (χ1) is 15.2. The summed E-state index contributed by atoms with van der Waals surface area (Å²) in [5.74, 6) is 0.0495. The number of hydrogen-bond donors (Lipinski definition) is 0. The Bertz CT molecular complexity index is 1010. The second kappa shape index (κ2) is 8.63. The molecule has 3 heterocycles. The van der Waals surface area contributed by atoms with Gasteiger partial charge in [0.2, 0.25) is 5.91 Å². The van der Waals surface area contributed by atoms with Crippen LogP contribution in [0.3, 0.4) is 0 Å². The molecule has 0 bridgehead atoms. The molecule has 2 aromatic rings. The molecule has 1 saturated carbocycles. The van der Waals surface area contributed by atoms with Crippen LogP contribution in [-0.2, 0) is 11.0 Å². The summed E-state index contributed by atoms with van der Waals surface area (Å²) in [6.45, 7) is 4.77. The first kappa shape index (κ1) is 22.4. The summed E-state index contributed by atoms with van der Waals surface area (Å²) in [6.07, 6.45) is -0.560. The van der Waals surface area contributed by atoms with E-state index in [1.165, 1.54) is 17.0 Å². The van der Waals surface area contributed by atoms with E-state index in [-0.39, 0.29) is 42.1 Å². The van der Waals surface area contributed by atoms with Gasteiger partial charge in [-0.3, -0.25) is 9.59 Å². The third kappa shape index (κ3) is 4.40. The fourth-order valence-electron chi connectivity index (χ4n) is 4.59. The first-order valence-electron chi connectivity index (χ1n) is 11.0. The number of carbonyl (C=O) groups is 2. The topological polar surface area (TPSA) is 67.2 Å². The number of aromatic nitrogens is 2. The van der Waals surface area contributed by atoms with E-state index in [0.717, 1.165) is 31.7 Å². The normalized spacial score (nSPS) is 22.5. The number of piperazine rings is 1. The van der Waals surface area contributed by atoms with Crippen molar-refractivity contribution in [2.24, 2.45) is 5.92 Å². The van der Waals surface area contributed by atoms with E-state index in [9.17, 15) is 22.8 Å². The number of pyridine rings is 1. The standard InChI is InChI=1S/C22H27F3N4O3/c1-3-32-17-10-16-11-18(26-29(16)19(12-17)22(23,24)25)21(31)27-8-9-28(20(30)13-27)15-6-4-14(2)5-7-15/h10-12,14-15H,3-9,13H2,1-2H3. The summed E-state index contributed by atoms with van der Waals surface area (Å²) in [5, 5.41) is 3.92. The fourth-order valence-corrected chi connectivity index (χ4v) is 4.59. The molecule has 0 unspecified atom stereocenters. The van der Waals surface area contributed by atoms with Gasteiger partial charge < -0.3 is 14.5 Å². The number of amides is 2. The van der Waals surface area contributed by atoms with E-state index in [2.05, 4.69) is 12.0 Å². The number of rotatable bonds is 4. The lowest BCUT2D eigenvalue weighted by molar-refractivity contribution is -0.142. The molecule has 1 aliphatic carbocycles. The predicted molar refractivity (Wildman–Crippen MR) is 110 cm³/mol. The third-order valence-electron chi connectivity index (χ3n) is 6.33. The molecule has 0 radical (unpaired) electrons. The zero-order chi connectivity index (χ0) is 23.0.